The highest BCUT2D eigenvalue weighted by atomic mass is 32.2. The third kappa shape index (κ3) is 3.14. The van der Waals surface area contributed by atoms with Crippen molar-refractivity contribution in [1.29, 1.82) is 0 Å². The van der Waals surface area contributed by atoms with Crippen molar-refractivity contribution in [3.8, 4) is 0 Å². The summed E-state index contributed by atoms with van der Waals surface area (Å²) in [5.41, 5.74) is -0.0712. The molecule has 0 bridgehead atoms. The molecule has 2 unspecified atom stereocenters. The molecule has 3 N–H and O–H groups in total. The molecule has 20 heavy (non-hydrogen) atoms. The van der Waals surface area contributed by atoms with E-state index in [1.165, 1.54) is 6.07 Å². The summed E-state index contributed by atoms with van der Waals surface area (Å²) < 4.78 is 26.8. The molecule has 1 aromatic heterocycles. The average Bonchev–Trinajstić information content (AvgIpc) is 2.85. The van der Waals surface area contributed by atoms with Crippen LogP contribution in [0.1, 0.15) is 29.6 Å². The largest absolute Gasteiger partial charge is 0.478 e. The van der Waals surface area contributed by atoms with Crippen LogP contribution in [-0.4, -0.2) is 42.2 Å². The maximum absolute atomic E-state index is 12.1. The van der Waals surface area contributed by atoms with E-state index in [1.807, 2.05) is 0 Å². The van der Waals surface area contributed by atoms with Crippen molar-refractivity contribution in [2.45, 2.75) is 30.3 Å². The van der Waals surface area contributed by atoms with E-state index < -0.39 is 16.0 Å². The van der Waals surface area contributed by atoms with Gasteiger partial charge in [0.1, 0.15) is 0 Å². The van der Waals surface area contributed by atoms with Crippen molar-refractivity contribution in [1.82, 2.24) is 9.71 Å². The standard InChI is InChI=1S/C12H16N2O5S/c15-7-9-2-1-3-10(9)14-20(18,19)11-5-4-8(6-13-11)12(16)17/h4-6,9-10,14-15H,1-3,7H2,(H,16,17). The lowest BCUT2D eigenvalue weighted by Crippen LogP contribution is -2.38. The number of carbonyl (C=O) groups is 1. The lowest BCUT2D eigenvalue weighted by molar-refractivity contribution is 0.0696. The minimum absolute atomic E-state index is 0.0570. The number of hydrogen-bond donors (Lipinski definition) is 3. The first kappa shape index (κ1) is 14.9. The molecule has 0 saturated heterocycles. The van der Waals surface area contributed by atoms with Gasteiger partial charge < -0.3 is 10.2 Å². The number of aliphatic hydroxyl groups is 1. The Kier molecular flexibility index (Phi) is 4.36. The van der Waals surface area contributed by atoms with Crippen molar-refractivity contribution >= 4 is 16.0 Å². The van der Waals surface area contributed by atoms with Gasteiger partial charge in [-0.3, -0.25) is 0 Å². The molecule has 1 aromatic rings. The molecular weight excluding hydrogens is 284 g/mol. The van der Waals surface area contributed by atoms with Crippen molar-refractivity contribution in [2.24, 2.45) is 5.92 Å². The topological polar surface area (TPSA) is 117 Å². The van der Waals surface area contributed by atoms with Gasteiger partial charge in [-0.25, -0.2) is 22.9 Å². The molecule has 1 aliphatic carbocycles. The smallest absolute Gasteiger partial charge is 0.337 e. The predicted molar refractivity (Wildman–Crippen MR) is 69.7 cm³/mol. The summed E-state index contributed by atoms with van der Waals surface area (Å²) in [7, 11) is -3.79. The van der Waals surface area contributed by atoms with Gasteiger partial charge in [-0.2, -0.15) is 0 Å². The quantitative estimate of drug-likeness (QED) is 0.716. The Hall–Kier alpha value is -1.51. The van der Waals surface area contributed by atoms with E-state index in [-0.39, 0.29) is 29.2 Å². The van der Waals surface area contributed by atoms with Gasteiger partial charge in [0.05, 0.1) is 5.56 Å². The Morgan fingerprint density at radius 1 is 1.40 bits per heavy atom. The zero-order chi connectivity index (χ0) is 14.8. The van der Waals surface area contributed by atoms with Gasteiger partial charge in [0.25, 0.3) is 10.0 Å². The van der Waals surface area contributed by atoms with Gasteiger partial charge in [-0.05, 0) is 30.9 Å². The highest BCUT2D eigenvalue weighted by Gasteiger charge is 2.31. The van der Waals surface area contributed by atoms with E-state index in [9.17, 15) is 18.3 Å². The zero-order valence-electron chi connectivity index (χ0n) is 10.7. The average molecular weight is 300 g/mol. The number of carboxylic acid groups (broad SMARTS) is 1. The molecule has 2 rings (SSSR count). The lowest BCUT2D eigenvalue weighted by atomic mass is 10.1. The molecule has 1 heterocycles. The molecule has 2 atom stereocenters. The first-order chi connectivity index (χ1) is 9.44. The fraction of sp³-hybridized carbons (Fsp3) is 0.500. The minimum atomic E-state index is -3.79. The fourth-order valence-electron chi connectivity index (χ4n) is 2.34. The Morgan fingerprint density at radius 3 is 2.70 bits per heavy atom. The minimum Gasteiger partial charge on any atom is -0.478 e. The van der Waals surface area contributed by atoms with E-state index in [0.717, 1.165) is 25.1 Å². The molecule has 7 nitrogen and oxygen atoms in total. The number of carboxylic acids is 1. The van der Waals surface area contributed by atoms with E-state index in [0.29, 0.717) is 6.42 Å². The summed E-state index contributed by atoms with van der Waals surface area (Å²) >= 11 is 0. The molecule has 0 radical (unpaired) electrons. The number of sulfonamides is 1. The maximum Gasteiger partial charge on any atom is 0.337 e. The van der Waals surface area contributed by atoms with Crippen LogP contribution < -0.4 is 4.72 Å². The van der Waals surface area contributed by atoms with Crippen LogP contribution in [0.15, 0.2) is 23.4 Å². The number of hydrogen-bond acceptors (Lipinski definition) is 5. The van der Waals surface area contributed by atoms with Crippen LogP contribution in [0.4, 0.5) is 0 Å². The number of nitrogens with one attached hydrogen (secondary N) is 1. The third-order valence-corrected chi connectivity index (χ3v) is 4.86. The van der Waals surface area contributed by atoms with Crippen LogP contribution in [0.2, 0.25) is 0 Å². The highest BCUT2D eigenvalue weighted by molar-refractivity contribution is 7.89. The van der Waals surface area contributed by atoms with Crippen molar-refractivity contribution in [3.63, 3.8) is 0 Å². The van der Waals surface area contributed by atoms with Crippen LogP contribution in [-0.2, 0) is 10.0 Å². The van der Waals surface area contributed by atoms with Crippen molar-refractivity contribution in [2.75, 3.05) is 6.61 Å². The molecule has 1 aliphatic rings. The van der Waals surface area contributed by atoms with E-state index in [4.69, 9.17) is 5.11 Å². The van der Waals surface area contributed by atoms with Crippen LogP contribution in [0.5, 0.6) is 0 Å². The molecule has 0 spiro atoms. The van der Waals surface area contributed by atoms with Crippen LogP contribution in [0.25, 0.3) is 0 Å². The second kappa shape index (κ2) is 5.86. The summed E-state index contributed by atoms with van der Waals surface area (Å²) in [6, 6.07) is 2.06. The Morgan fingerprint density at radius 2 is 2.15 bits per heavy atom. The fourth-order valence-corrected chi connectivity index (χ4v) is 3.60. The van der Waals surface area contributed by atoms with Gasteiger partial charge in [0.15, 0.2) is 5.03 Å². The number of pyridine rings is 1. The van der Waals surface area contributed by atoms with Gasteiger partial charge in [0, 0.05) is 18.8 Å². The summed E-state index contributed by atoms with van der Waals surface area (Å²) in [6.07, 6.45) is 3.34. The van der Waals surface area contributed by atoms with Crippen LogP contribution in [0.3, 0.4) is 0 Å². The van der Waals surface area contributed by atoms with Gasteiger partial charge >= 0.3 is 5.97 Å². The molecule has 0 amide bonds. The van der Waals surface area contributed by atoms with E-state index in [2.05, 4.69) is 9.71 Å². The Bertz CT molecular complexity index is 584. The van der Waals surface area contributed by atoms with Crippen LogP contribution >= 0.6 is 0 Å². The third-order valence-electron chi connectivity index (χ3n) is 3.46. The lowest BCUT2D eigenvalue weighted by Gasteiger charge is -2.18. The van der Waals surface area contributed by atoms with Gasteiger partial charge in [-0.1, -0.05) is 6.42 Å². The SMILES string of the molecule is O=C(O)c1ccc(S(=O)(=O)NC2CCCC2CO)nc1. The van der Waals surface area contributed by atoms with E-state index in [1.54, 1.807) is 0 Å². The number of aromatic carboxylic acids is 1. The Balaban J connectivity index is 2.15. The molecular formula is C12H16N2O5S. The first-order valence-corrected chi connectivity index (χ1v) is 7.75. The monoisotopic (exact) mass is 300 g/mol. The molecule has 110 valence electrons. The molecule has 8 heteroatoms. The predicted octanol–water partition coefficient (Wildman–Crippen LogP) is 0.219. The summed E-state index contributed by atoms with van der Waals surface area (Å²) in [5, 5.41) is 17.7. The highest BCUT2D eigenvalue weighted by Crippen LogP contribution is 2.26. The first-order valence-electron chi connectivity index (χ1n) is 6.26. The molecule has 0 aliphatic heterocycles. The number of aliphatic hydroxyl groups excluding tert-OH is 1. The van der Waals surface area contributed by atoms with E-state index >= 15 is 0 Å². The molecule has 1 saturated carbocycles. The number of aromatic nitrogens is 1. The van der Waals surface area contributed by atoms with Gasteiger partial charge in [-0.15, -0.1) is 0 Å². The molecule has 0 aromatic carbocycles. The zero-order valence-corrected chi connectivity index (χ0v) is 11.5. The summed E-state index contributed by atoms with van der Waals surface area (Å²) in [6.45, 7) is -0.0570. The van der Waals surface area contributed by atoms with Crippen molar-refractivity contribution < 1.29 is 23.4 Å². The second-order valence-corrected chi connectivity index (χ2v) is 6.45. The van der Waals surface area contributed by atoms with Crippen LogP contribution in [0, 0.1) is 5.92 Å². The normalized spacial score (nSPS) is 22.9. The van der Waals surface area contributed by atoms with Crippen molar-refractivity contribution in [3.05, 3.63) is 23.9 Å². The molecule has 1 fully saturated rings. The Labute approximate surface area is 116 Å². The number of rotatable bonds is 5. The second-order valence-electron chi connectivity index (χ2n) is 4.79. The maximum atomic E-state index is 12.1. The summed E-state index contributed by atoms with van der Waals surface area (Å²) in [5.74, 6) is -1.24. The number of nitrogens with zero attached hydrogens (tertiary/aromatic N) is 1. The van der Waals surface area contributed by atoms with Gasteiger partial charge in [0.2, 0.25) is 0 Å². The summed E-state index contributed by atoms with van der Waals surface area (Å²) in [4.78, 5) is 14.4.